The Balaban J connectivity index is 2.61. The van der Waals surface area contributed by atoms with Crippen molar-refractivity contribution in [2.45, 2.75) is 32.6 Å². The van der Waals surface area contributed by atoms with Crippen LogP contribution < -0.4 is 0 Å². The lowest BCUT2D eigenvalue weighted by Crippen LogP contribution is -1.89. The van der Waals surface area contributed by atoms with E-state index in [-0.39, 0.29) is 0 Å². The van der Waals surface area contributed by atoms with Gasteiger partial charge in [0.2, 0.25) is 0 Å². The summed E-state index contributed by atoms with van der Waals surface area (Å²) in [7, 11) is 0. The van der Waals surface area contributed by atoms with Crippen molar-refractivity contribution < 1.29 is 0 Å². The van der Waals surface area contributed by atoms with Crippen LogP contribution in [0.15, 0.2) is 12.1 Å². The van der Waals surface area contributed by atoms with Gasteiger partial charge >= 0.3 is 0 Å². The Hall–Kier alpha value is -0.0100. The fourth-order valence-electron chi connectivity index (χ4n) is 1.16. The molecule has 68 valence electrons. The van der Waals surface area contributed by atoms with E-state index in [1.54, 1.807) is 0 Å². The standard InChI is InChI=1S/C10H15ClS/c1-3-9-4-5-10(12-9)8(2)6-7-11/h4-5,8H,3,6-7H2,1-2H3. The third-order valence-electron chi connectivity index (χ3n) is 2.06. The molecule has 0 aromatic carbocycles. The molecule has 1 heterocycles. The van der Waals surface area contributed by atoms with Gasteiger partial charge in [-0.05, 0) is 30.9 Å². The van der Waals surface area contributed by atoms with E-state index in [1.165, 1.54) is 9.75 Å². The summed E-state index contributed by atoms with van der Waals surface area (Å²) in [5.41, 5.74) is 0. The van der Waals surface area contributed by atoms with Crippen LogP contribution in [0.2, 0.25) is 0 Å². The lowest BCUT2D eigenvalue weighted by molar-refractivity contribution is 0.753. The van der Waals surface area contributed by atoms with Crippen LogP contribution in [0.25, 0.3) is 0 Å². The Bertz CT molecular complexity index is 229. The van der Waals surface area contributed by atoms with Crippen molar-refractivity contribution in [1.82, 2.24) is 0 Å². The van der Waals surface area contributed by atoms with Gasteiger partial charge in [-0.3, -0.25) is 0 Å². The molecule has 0 nitrogen and oxygen atoms in total. The van der Waals surface area contributed by atoms with Crippen LogP contribution in [0.1, 0.15) is 35.9 Å². The van der Waals surface area contributed by atoms with Gasteiger partial charge in [0.1, 0.15) is 0 Å². The number of thiophene rings is 1. The van der Waals surface area contributed by atoms with Crippen LogP contribution in [-0.2, 0) is 6.42 Å². The van der Waals surface area contributed by atoms with Crippen molar-refractivity contribution in [3.8, 4) is 0 Å². The molecule has 0 fully saturated rings. The second-order valence-electron chi connectivity index (χ2n) is 3.04. The van der Waals surface area contributed by atoms with E-state index in [0.717, 1.165) is 18.7 Å². The van der Waals surface area contributed by atoms with E-state index in [1.807, 2.05) is 11.3 Å². The molecule has 0 N–H and O–H groups in total. The van der Waals surface area contributed by atoms with E-state index in [0.29, 0.717) is 5.92 Å². The molecule has 1 unspecified atom stereocenters. The van der Waals surface area contributed by atoms with Crippen LogP contribution in [0, 0.1) is 0 Å². The zero-order valence-corrected chi connectivity index (χ0v) is 9.21. The lowest BCUT2D eigenvalue weighted by atomic mass is 10.1. The molecule has 1 rings (SSSR count). The smallest absolute Gasteiger partial charge is 0.0229 e. The first-order chi connectivity index (χ1) is 5.77. The first-order valence-corrected chi connectivity index (χ1v) is 5.77. The number of hydrogen-bond donors (Lipinski definition) is 0. The molecule has 0 spiro atoms. The predicted molar refractivity (Wildman–Crippen MR) is 57.4 cm³/mol. The van der Waals surface area contributed by atoms with Gasteiger partial charge in [-0.25, -0.2) is 0 Å². The van der Waals surface area contributed by atoms with Gasteiger partial charge in [0.05, 0.1) is 0 Å². The quantitative estimate of drug-likeness (QED) is 0.647. The minimum Gasteiger partial charge on any atom is -0.145 e. The Morgan fingerprint density at radius 1 is 1.50 bits per heavy atom. The summed E-state index contributed by atoms with van der Waals surface area (Å²) in [5.74, 6) is 1.40. The molecule has 0 aliphatic carbocycles. The highest BCUT2D eigenvalue weighted by atomic mass is 35.5. The number of aryl methyl sites for hydroxylation is 1. The molecule has 2 heteroatoms. The average molecular weight is 203 g/mol. The summed E-state index contributed by atoms with van der Waals surface area (Å²) < 4.78 is 0. The summed E-state index contributed by atoms with van der Waals surface area (Å²) >= 11 is 7.61. The van der Waals surface area contributed by atoms with E-state index in [2.05, 4.69) is 26.0 Å². The minimum atomic E-state index is 0.632. The predicted octanol–water partition coefficient (Wildman–Crippen LogP) is 4.04. The molecule has 1 atom stereocenters. The van der Waals surface area contributed by atoms with E-state index < -0.39 is 0 Å². The molecular formula is C10H15ClS. The molecule has 12 heavy (non-hydrogen) atoms. The van der Waals surface area contributed by atoms with Gasteiger partial charge in [0.25, 0.3) is 0 Å². The van der Waals surface area contributed by atoms with Gasteiger partial charge in [-0.2, -0.15) is 0 Å². The molecule has 0 radical (unpaired) electrons. The molecule has 1 aromatic heterocycles. The molecule has 0 saturated carbocycles. The summed E-state index contributed by atoms with van der Waals surface area (Å²) in [6.07, 6.45) is 2.24. The topological polar surface area (TPSA) is 0 Å². The SMILES string of the molecule is CCc1ccc(C(C)CCCl)s1. The third kappa shape index (κ3) is 2.49. The van der Waals surface area contributed by atoms with Crippen molar-refractivity contribution in [1.29, 1.82) is 0 Å². The van der Waals surface area contributed by atoms with Gasteiger partial charge in [-0.1, -0.05) is 13.8 Å². The van der Waals surface area contributed by atoms with Crippen LogP contribution >= 0.6 is 22.9 Å². The van der Waals surface area contributed by atoms with Gasteiger partial charge in [0, 0.05) is 15.6 Å². The van der Waals surface area contributed by atoms with E-state index in [9.17, 15) is 0 Å². The fourth-order valence-corrected chi connectivity index (χ4v) is 2.52. The molecule has 0 aliphatic heterocycles. The summed E-state index contributed by atoms with van der Waals surface area (Å²) in [6.45, 7) is 4.44. The summed E-state index contributed by atoms with van der Waals surface area (Å²) in [4.78, 5) is 2.96. The number of halogens is 1. The van der Waals surface area contributed by atoms with Gasteiger partial charge in [0.15, 0.2) is 0 Å². The van der Waals surface area contributed by atoms with E-state index in [4.69, 9.17) is 11.6 Å². The van der Waals surface area contributed by atoms with Crippen LogP contribution in [0.3, 0.4) is 0 Å². The number of alkyl halides is 1. The van der Waals surface area contributed by atoms with Crippen molar-refractivity contribution in [3.63, 3.8) is 0 Å². The van der Waals surface area contributed by atoms with Crippen LogP contribution in [-0.4, -0.2) is 5.88 Å². The summed E-state index contributed by atoms with van der Waals surface area (Å²) in [5, 5.41) is 0. The lowest BCUT2D eigenvalue weighted by Gasteiger charge is -2.04. The Labute approximate surface area is 83.6 Å². The largest absolute Gasteiger partial charge is 0.145 e. The highest BCUT2D eigenvalue weighted by Crippen LogP contribution is 2.27. The van der Waals surface area contributed by atoms with Gasteiger partial charge in [-0.15, -0.1) is 22.9 Å². The maximum atomic E-state index is 5.69. The monoisotopic (exact) mass is 202 g/mol. The highest BCUT2D eigenvalue weighted by molar-refractivity contribution is 7.12. The highest BCUT2D eigenvalue weighted by Gasteiger charge is 2.06. The number of hydrogen-bond acceptors (Lipinski definition) is 1. The molecular weight excluding hydrogens is 188 g/mol. The Morgan fingerprint density at radius 2 is 2.25 bits per heavy atom. The average Bonchev–Trinajstić information content (AvgIpc) is 2.52. The zero-order chi connectivity index (χ0) is 8.97. The van der Waals surface area contributed by atoms with Crippen LogP contribution in [0.4, 0.5) is 0 Å². The van der Waals surface area contributed by atoms with Crippen molar-refractivity contribution in [3.05, 3.63) is 21.9 Å². The third-order valence-corrected chi connectivity index (χ3v) is 3.74. The molecule has 0 bridgehead atoms. The minimum absolute atomic E-state index is 0.632. The van der Waals surface area contributed by atoms with Crippen molar-refractivity contribution >= 4 is 22.9 Å². The Morgan fingerprint density at radius 3 is 2.75 bits per heavy atom. The molecule has 0 saturated heterocycles. The summed E-state index contributed by atoms with van der Waals surface area (Å²) in [6, 6.07) is 4.46. The van der Waals surface area contributed by atoms with E-state index >= 15 is 0 Å². The second-order valence-corrected chi connectivity index (χ2v) is 4.61. The Kier molecular flexibility index (Phi) is 4.10. The van der Waals surface area contributed by atoms with Crippen LogP contribution in [0.5, 0.6) is 0 Å². The van der Waals surface area contributed by atoms with Gasteiger partial charge < -0.3 is 0 Å². The maximum Gasteiger partial charge on any atom is 0.0229 e. The zero-order valence-electron chi connectivity index (χ0n) is 7.64. The normalized spacial score (nSPS) is 13.2. The molecule has 1 aromatic rings. The van der Waals surface area contributed by atoms with Crippen molar-refractivity contribution in [2.75, 3.05) is 5.88 Å². The molecule has 0 aliphatic rings. The second kappa shape index (κ2) is 4.88. The fraction of sp³-hybridized carbons (Fsp3) is 0.600. The van der Waals surface area contributed by atoms with Crippen molar-refractivity contribution in [2.24, 2.45) is 0 Å². The maximum absolute atomic E-state index is 5.69. The first kappa shape index (κ1) is 10.1. The first-order valence-electron chi connectivity index (χ1n) is 4.42. The molecule has 0 amide bonds. The number of rotatable bonds is 4.